The Morgan fingerprint density at radius 3 is 2.40 bits per heavy atom. The molecule has 0 saturated heterocycles. The van der Waals surface area contributed by atoms with E-state index < -0.39 is 5.97 Å². The molecule has 0 spiro atoms. The summed E-state index contributed by atoms with van der Waals surface area (Å²) in [5.74, 6) is -0.921. The zero-order valence-corrected chi connectivity index (χ0v) is 12.3. The number of nitrogens with one attached hydrogen (secondary N) is 1. The lowest BCUT2D eigenvalue weighted by atomic mass is 10.1. The number of carbonyl (C=O) groups is 1. The molecule has 1 rings (SSSR count). The average Bonchev–Trinajstić information content (AvgIpc) is 2.45. The number of hydrogen-bond donors (Lipinski definition) is 2. The van der Waals surface area contributed by atoms with Crippen LogP contribution in [0.15, 0.2) is 30.3 Å². The van der Waals surface area contributed by atoms with E-state index in [2.05, 4.69) is 12.2 Å². The number of hydrogen-bond acceptors (Lipinski definition) is 2. The van der Waals surface area contributed by atoms with Crippen molar-refractivity contribution in [1.29, 1.82) is 0 Å². The molecule has 2 N–H and O–H groups in total. The molecular weight excluding hydrogens is 250 g/mol. The summed E-state index contributed by atoms with van der Waals surface area (Å²) in [5, 5.41) is 11.9. The SMILES string of the molecule is CCCCCCCCNc1ccc(/C=C/C(=O)O)cc1. The highest BCUT2D eigenvalue weighted by Gasteiger charge is 1.94. The van der Waals surface area contributed by atoms with Gasteiger partial charge in [0, 0.05) is 18.3 Å². The fourth-order valence-corrected chi connectivity index (χ4v) is 2.02. The highest BCUT2D eigenvalue weighted by molar-refractivity contribution is 5.85. The highest BCUT2D eigenvalue weighted by Crippen LogP contribution is 2.11. The number of anilines is 1. The number of benzene rings is 1. The summed E-state index contributed by atoms with van der Waals surface area (Å²) in [6.07, 6.45) is 10.5. The van der Waals surface area contributed by atoms with Crippen molar-refractivity contribution >= 4 is 17.7 Å². The Morgan fingerprint density at radius 1 is 1.10 bits per heavy atom. The second-order valence-electron chi connectivity index (χ2n) is 4.99. The van der Waals surface area contributed by atoms with Crippen LogP contribution >= 0.6 is 0 Å². The predicted octanol–water partition coefficient (Wildman–Crippen LogP) is 4.56. The Balaban J connectivity index is 2.20. The lowest BCUT2D eigenvalue weighted by molar-refractivity contribution is -0.131. The van der Waals surface area contributed by atoms with Crippen LogP contribution in [-0.4, -0.2) is 17.6 Å². The maximum absolute atomic E-state index is 10.4. The second-order valence-corrected chi connectivity index (χ2v) is 4.99. The molecule has 0 aliphatic carbocycles. The molecule has 3 nitrogen and oxygen atoms in total. The van der Waals surface area contributed by atoms with Gasteiger partial charge in [-0.05, 0) is 30.2 Å². The van der Waals surface area contributed by atoms with Gasteiger partial charge in [0.1, 0.15) is 0 Å². The van der Waals surface area contributed by atoms with Gasteiger partial charge < -0.3 is 10.4 Å². The van der Waals surface area contributed by atoms with Crippen LogP contribution < -0.4 is 5.32 Å². The first-order valence-corrected chi connectivity index (χ1v) is 7.47. The number of rotatable bonds is 10. The van der Waals surface area contributed by atoms with Crippen molar-refractivity contribution in [2.45, 2.75) is 45.4 Å². The molecule has 0 heterocycles. The van der Waals surface area contributed by atoms with Crippen molar-refractivity contribution in [1.82, 2.24) is 0 Å². The van der Waals surface area contributed by atoms with Crippen LogP contribution in [0.5, 0.6) is 0 Å². The quantitative estimate of drug-likeness (QED) is 0.486. The summed E-state index contributed by atoms with van der Waals surface area (Å²) in [6.45, 7) is 3.23. The van der Waals surface area contributed by atoms with E-state index >= 15 is 0 Å². The molecule has 0 aromatic heterocycles. The van der Waals surface area contributed by atoms with Gasteiger partial charge >= 0.3 is 5.97 Å². The monoisotopic (exact) mass is 275 g/mol. The van der Waals surface area contributed by atoms with Gasteiger partial charge in [0.05, 0.1) is 0 Å². The topological polar surface area (TPSA) is 49.3 Å². The molecule has 1 aromatic carbocycles. The van der Waals surface area contributed by atoms with Crippen LogP contribution in [0.2, 0.25) is 0 Å². The van der Waals surface area contributed by atoms with E-state index in [9.17, 15) is 4.79 Å². The normalized spacial score (nSPS) is 10.8. The molecule has 110 valence electrons. The maximum atomic E-state index is 10.4. The fraction of sp³-hybridized carbons (Fsp3) is 0.471. The van der Waals surface area contributed by atoms with Crippen molar-refractivity contribution in [3.63, 3.8) is 0 Å². The molecule has 20 heavy (non-hydrogen) atoms. The Labute approximate surface area is 121 Å². The number of carboxylic acid groups (broad SMARTS) is 1. The zero-order valence-electron chi connectivity index (χ0n) is 12.3. The molecule has 0 radical (unpaired) electrons. The number of carboxylic acids is 1. The zero-order chi connectivity index (χ0) is 14.6. The molecule has 0 atom stereocenters. The molecule has 0 unspecified atom stereocenters. The van der Waals surface area contributed by atoms with Crippen molar-refractivity contribution in [2.75, 3.05) is 11.9 Å². The van der Waals surface area contributed by atoms with Gasteiger partial charge in [0.15, 0.2) is 0 Å². The summed E-state index contributed by atoms with van der Waals surface area (Å²) in [4.78, 5) is 10.4. The second kappa shape index (κ2) is 10.1. The maximum Gasteiger partial charge on any atom is 0.328 e. The summed E-state index contributed by atoms with van der Waals surface area (Å²) < 4.78 is 0. The summed E-state index contributed by atoms with van der Waals surface area (Å²) in [6, 6.07) is 7.81. The lowest BCUT2D eigenvalue weighted by Crippen LogP contribution is -2.01. The van der Waals surface area contributed by atoms with Crippen LogP contribution in [0.1, 0.15) is 51.0 Å². The molecule has 3 heteroatoms. The minimum absolute atomic E-state index is 0.900. The summed E-state index contributed by atoms with van der Waals surface area (Å²) >= 11 is 0. The third-order valence-corrected chi connectivity index (χ3v) is 3.19. The fourth-order valence-electron chi connectivity index (χ4n) is 2.02. The molecule has 0 fully saturated rings. The molecule has 1 aromatic rings. The van der Waals surface area contributed by atoms with Gasteiger partial charge in [-0.15, -0.1) is 0 Å². The molecular formula is C17H25NO2. The van der Waals surface area contributed by atoms with Crippen LogP contribution in [0, 0.1) is 0 Å². The minimum Gasteiger partial charge on any atom is -0.478 e. The van der Waals surface area contributed by atoms with E-state index in [0.29, 0.717) is 0 Å². The standard InChI is InChI=1S/C17H25NO2/c1-2-3-4-5-6-7-14-18-16-11-8-15(9-12-16)10-13-17(19)20/h8-13,18H,2-7,14H2,1H3,(H,19,20)/b13-10+. The van der Waals surface area contributed by atoms with Crippen LogP contribution in [0.3, 0.4) is 0 Å². The van der Waals surface area contributed by atoms with Crippen LogP contribution in [0.25, 0.3) is 6.08 Å². The number of aliphatic carboxylic acids is 1. The minimum atomic E-state index is -0.921. The van der Waals surface area contributed by atoms with E-state index in [1.54, 1.807) is 6.08 Å². The average molecular weight is 275 g/mol. The first-order chi connectivity index (χ1) is 9.72. The lowest BCUT2D eigenvalue weighted by Gasteiger charge is -2.06. The van der Waals surface area contributed by atoms with Gasteiger partial charge in [0.25, 0.3) is 0 Å². The Bertz CT molecular complexity index is 410. The predicted molar refractivity (Wildman–Crippen MR) is 85.0 cm³/mol. The van der Waals surface area contributed by atoms with Crippen LogP contribution in [0.4, 0.5) is 5.69 Å². The van der Waals surface area contributed by atoms with Gasteiger partial charge in [-0.1, -0.05) is 51.2 Å². The van der Waals surface area contributed by atoms with Gasteiger partial charge in [0.2, 0.25) is 0 Å². The van der Waals surface area contributed by atoms with Crippen molar-refractivity contribution in [2.24, 2.45) is 0 Å². The third kappa shape index (κ3) is 7.62. The summed E-state index contributed by atoms with van der Waals surface area (Å²) in [5.41, 5.74) is 1.99. The van der Waals surface area contributed by atoms with Gasteiger partial charge in [-0.3, -0.25) is 0 Å². The Morgan fingerprint density at radius 2 is 1.75 bits per heavy atom. The van der Waals surface area contributed by atoms with Crippen molar-refractivity contribution in [3.05, 3.63) is 35.9 Å². The van der Waals surface area contributed by atoms with E-state index in [0.717, 1.165) is 23.9 Å². The Hall–Kier alpha value is -1.77. The molecule has 0 bridgehead atoms. The first-order valence-electron chi connectivity index (χ1n) is 7.47. The summed E-state index contributed by atoms with van der Waals surface area (Å²) in [7, 11) is 0. The van der Waals surface area contributed by atoms with Gasteiger partial charge in [-0.2, -0.15) is 0 Å². The third-order valence-electron chi connectivity index (χ3n) is 3.19. The molecule has 0 aliphatic heterocycles. The van der Waals surface area contributed by atoms with Crippen molar-refractivity contribution < 1.29 is 9.90 Å². The molecule has 0 saturated carbocycles. The molecule has 0 aliphatic rings. The smallest absolute Gasteiger partial charge is 0.328 e. The van der Waals surface area contributed by atoms with Crippen molar-refractivity contribution in [3.8, 4) is 0 Å². The van der Waals surface area contributed by atoms with E-state index in [1.807, 2.05) is 24.3 Å². The van der Waals surface area contributed by atoms with E-state index in [4.69, 9.17) is 5.11 Å². The van der Waals surface area contributed by atoms with Gasteiger partial charge in [-0.25, -0.2) is 4.79 Å². The highest BCUT2D eigenvalue weighted by atomic mass is 16.4. The number of unbranched alkanes of at least 4 members (excludes halogenated alkanes) is 5. The largest absolute Gasteiger partial charge is 0.478 e. The van der Waals surface area contributed by atoms with Crippen LogP contribution in [-0.2, 0) is 4.79 Å². The molecule has 0 amide bonds. The Kier molecular flexibility index (Phi) is 8.20. The van der Waals surface area contributed by atoms with E-state index in [-0.39, 0.29) is 0 Å². The first kappa shape index (κ1) is 16.3. The van der Waals surface area contributed by atoms with E-state index in [1.165, 1.54) is 38.5 Å².